The van der Waals surface area contributed by atoms with Crippen molar-refractivity contribution in [1.82, 2.24) is 0 Å². The van der Waals surface area contributed by atoms with E-state index in [0.29, 0.717) is 11.1 Å². The predicted molar refractivity (Wildman–Crippen MR) is 88.0 cm³/mol. The van der Waals surface area contributed by atoms with Crippen molar-refractivity contribution in [1.29, 1.82) is 10.5 Å². The summed E-state index contributed by atoms with van der Waals surface area (Å²) in [5, 5.41) is 44.1. The van der Waals surface area contributed by atoms with Crippen molar-refractivity contribution in [3.63, 3.8) is 0 Å². The molecule has 0 saturated carbocycles. The Morgan fingerprint density at radius 2 is 1.04 bits per heavy atom. The number of nitriles is 2. The molecular weight excluding hydrogens is 304 g/mol. The molecule has 0 spiro atoms. The van der Waals surface area contributed by atoms with E-state index in [0.717, 1.165) is 0 Å². The molecule has 0 heterocycles. The van der Waals surface area contributed by atoms with Gasteiger partial charge in [-0.2, -0.15) is 10.5 Å². The van der Waals surface area contributed by atoms with Gasteiger partial charge in [-0.05, 0) is 11.1 Å². The normalized spacial score (nSPS) is 14.2. The van der Waals surface area contributed by atoms with E-state index < -0.39 is 11.8 Å². The summed E-state index contributed by atoms with van der Waals surface area (Å²) in [5.41, 5.74) is 0.806. The van der Waals surface area contributed by atoms with Gasteiger partial charge in [0.2, 0.25) is 0 Å². The van der Waals surface area contributed by atoms with E-state index in [-0.39, 0.29) is 11.4 Å². The number of hydrogen-bond donors (Lipinski definition) is 2. The predicted octanol–water partition coefficient (Wildman–Crippen LogP) is 3.26. The van der Waals surface area contributed by atoms with Crippen LogP contribution in [0.5, 0.6) is 0 Å². The van der Waals surface area contributed by atoms with E-state index >= 15 is 0 Å². The summed E-state index contributed by atoms with van der Waals surface area (Å²) in [7, 11) is 0. The molecule has 2 unspecified atom stereocenters. The summed E-state index contributed by atoms with van der Waals surface area (Å²) in [6, 6.07) is 21.3. The minimum absolute atomic E-state index is 0.165. The fourth-order valence-electron chi connectivity index (χ4n) is 2.39. The highest BCUT2D eigenvalue weighted by atomic mass is 16.4. The van der Waals surface area contributed by atoms with Crippen LogP contribution in [0.3, 0.4) is 0 Å². The average Bonchev–Trinajstić information content (AvgIpc) is 2.66. The second kappa shape index (κ2) is 8.11. The Kier molecular flexibility index (Phi) is 5.65. The molecule has 0 aliphatic heterocycles. The highest BCUT2D eigenvalue weighted by Gasteiger charge is 2.31. The lowest BCUT2D eigenvalue weighted by molar-refractivity contribution is 0.312. The number of benzene rings is 2. The van der Waals surface area contributed by atoms with Crippen molar-refractivity contribution < 1.29 is 10.4 Å². The molecule has 2 rings (SSSR count). The molecule has 2 N–H and O–H groups in total. The first kappa shape index (κ1) is 16.7. The van der Waals surface area contributed by atoms with Crippen molar-refractivity contribution in [2.45, 2.75) is 11.8 Å². The molecule has 0 saturated heterocycles. The summed E-state index contributed by atoms with van der Waals surface area (Å²) < 4.78 is 0. The number of oxime groups is 2. The van der Waals surface area contributed by atoms with Gasteiger partial charge in [0.25, 0.3) is 0 Å². The number of nitrogens with zero attached hydrogens (tertiary/aromatic N) is 4. The third kappa shape index (κ3) is 3.40. The van der Waals surface area contributed by atoms with E-state index in [2.05, 4.69) is 10.3 Å². The van der Waals surface area contributed by atoms with E-state index in [1.54, 1.807) is 60.7 Å². The second-order valence-electron chi connectivity index (χ2n) is 4.92. The molecule has 0 aliphatic rings. The monoisotopic (exact) mass is 318 g/mol. The topological polar surface area (TPSA) is 113 Å². The second-order valence-corrected chi connectivity index (χ2v) is 4.92. The highest BCUT2D eigenvalue weighted by molar-refractivity contribution is 6.46. The van der Waals surface area contributed by atoms with Crippen molar-refractivity contribution in [3.05, 3.63) is 71.8 Å². The Balaban J connectivity index is 2.48. The Bertz CT molecular complexity index is 746. The smallest absolute Gasteiger partial charge is 0.128 e. The summed E-state index contributed by atoms with van der Waals surface area (Å²) >= 11 is 0. The zero-order valence-electron chi connectivity index (χ0n) is 12.6. The first-order valence-corrected chi connectivity index (χ1v) is 7.10. The maximum absolute atomic E-state index is 9.49. The summed E-state index contributed by atoms with van der Waals surface area (Å²) in [6.07, 6.45) is 0. The van der Waals surface area contributed by atoms with E-state index in [9.17, 15) is 20.9 Å². The van der Waals surface area contributed by atoms with Crippen molar-refractivity contribution >= 4 is 11.4 Å². The number of hydrogen-bond acceptors (Lipinski definition) is 6. The molecule has 24 heavy (non-hydrogen) atoms. The third-order valence-corrected chi connectivity index (χ3v) is 3.55. The molecule has 2 aromatic carbocycles. The molecule has 0 amide bonds. The Morgan fingerprint density at radius 3 is 1.29 bits per heavy atom. The molecule has 6 heteroatoms. The first-order valence-electron chi connectivity index (χ1n) is 7.10. The van der Waals surface area contributed by atoms with E-state index in [1.807, 2.05) is 12.1 Å². The van der Waals surface area contributed by atoms with Crippen LogP contribution < -0.4 is 0 Å². The highest BCUT2D eigenvalue weighted by Crippen LogP contribution is 2.24. The molecule has 0 bridgehead atoms. The van der Waals surface area contributed by atoms with Gasteiger partial charge in [-0.15, -0.1) is 0 Å². The molecule has 6 nitrogen and oxygen atoms in total. The summed E-state index contributed by atoms with van der Waals surface area (Å²) in [6.45, 7) is 0. The standard InChI is InChI=1S/C18H14N4O2/c19-11-15(13-7-3-1-4-8-13)17(21-23)18(22-24)16(12-20)14-9-5-2-6-10-14/h1-10,15-16,23-24H/b21-17-,22-18+. The zero-order valence-corrected chi connectivity index (χ0v) is 12.6. The van der Waals surface area contributed by atoms with Gasteiger partial charge < -0.3 is 10.4 Å². The van der Waals surface area contributed by atoms with Crippen LogP contribution in [0.1, 0.15) is 23.0 Å². The molecule has 0 aromatic heterocycles. The van der Waals surface area contributed by atoms with Crippen molar-refractivity contribution in [3.8, 4) is 12.1 Å². The maximum Gasteiger partial charge on any atom is 0.128 e. The minimum Gasteiger partial charge on any atom is -0.411 e. The lowest BCUT2D eigenvalue weighted by atomic mass is 9.85. The van der Waals surface area contributed by atoms with E-state index in [4.69, 9.17) is 0 Å². The van der Waals surface area contributed by atoms with Gasteiger partial charge >= 0.3 is 0 Å². The largest absolute Gasteiger partial charge is 0.411 e. The molecular formula is C18H14N4O2. The van der Waals surface area contributed by atoms with Crippen molar-refractivity contribution in [2.75, 3.05) is 0 Å². The fourth-order valence-corrected chi connectivity index (χ4v) is 2.39. The molecule has 0 fully saturated rings. The van der Waals surface area contributed by atoms with Gasteiger partial charge in [0.1, 0.15) is 23.3 Å². The van der Waals surface area contributed by atoms with Gasteiger partial charge in [0.15, 0.2) is 0 Å². The maximum atomic E-state index is 9.49. The molecule has 2 aromatic rings. The van der Waals surface area contributed by atoms with Crippen molar-refractivity contribution in [2.24, 2.45) is 10.3 Å². The van der Waals surface area contributed by atoms with Crippen LogP contribution in [-0.2, 0) is 0 Å². The third-order valence-electron chi connectivity index (χ3n) is 3.55. The summed E-state index contributed by atoms with van der Waals surface area (Å²) in [4.78, 5) is 0. The molecule has 0 radical (unpaired) electrons. The van der Waals surface area contributed by atoms with Crippen LogP contribution in [-0.4, -0.2) is 21.8 Å². The lowest BCUT2D eigenvalue weighted by Crippen LogP contribution is -2.27. The first-order chi connectivity index (χ1) is 11.8. The SMILES string of the molecule is N#CC(C(=N/O)/C(=N/O)C(C#N)c1ccccc1)c1ccccc1. The van der Waals surface area contributed by atoms with Gasteiger partial charge in [-0.25, -0.2) is 0 Å². The molecule has 118 valence electrons. The van der Waals surface area contributed by atoms with Crippen LogP contribution in [0.25, 0.3) is 0 Å². The van der Waals surface area contributed by atoms with Crippen LogP contribution in [0, 0.1) is 22.7 Å². The van der Waals surface area contributed by atoms with Crippen LogP contribution in [0.2, 0.25) is 0 Å². The van der Waals surface area contributed by atoms with Gasteiger partial charge in [-0.1, -0.05) is 71.0 Å². The Hall–Kier alpha value is -3.64. The lowest BCUT2D eigenvalue weighted by Gasteiger charge is -2.16. The average molecular weight is 318 g/mol. The molecule has 2 atom stereocenters. The minimum atomic E-state index is -0.971. The molecule has 0 aliphatic carbocycles. The van der Waals surface area contributed by atoms with Gasteiger partial charge in [-0.3, -0.25) is 0 Å². The number of rotatable bonds is 5. The Labute approximate surface area is 139 Å². The van der Waals surface area contributed by atoms with E-state index in [1.165, 1.54) is 0 Å². The van der Waals surface area contributed by atoms with Crippen LogP contribution in [0.15, 0.2) is 71.0 Å². The quantitative estimate of drug-likeness (QED) is 0.500. The van der Waals surface area contributed by atoms with Crippen LogP contribution >= 0.6 is 0 Å². The van der Waals surface area contributed by atoms with Gasteiger partial charge in [0, 0.05) is 0 Å². The van der Waals surface area contributed by atoms with Gasteiger partial charge in [0.05, 0.1) is 12.1 Å². The summed E-state index contributed by atoms with van der Waals surface area (Å²) in [5.74, 6) is -1.94. The zero-order chi connectivity index (χ0) is 17.4. The fraction of sp³-hybridized carbons (Fsp3) is 0.111. The Morgan fingerprint density at radius 1 is 0.708 bits per heavy atom. The van der Waals surface area contributed by atoms with Crippen LogP contribution in [0.4, 0.5) is 0 Å².